The Balaban J connectivity index is 1.73. The van der Waals surface area contributed by atoms with Gasteiger partial charge in [0, 0.05) is 29.8 Å². The minimum absolute atomic E-state index is 0.0258. The highest BCUT2D eigenvalue weighted by Crippen LogP contribution is 2.40. The smallest absolute Gasteiger partial charge is 0.0897 e. The summed E-state index contributed by atoms with van der Waals surface area (Å²) in [5.41, 5.74) is 1.20. The molecule has 1 heterocycles. The maximum Gasteiger partial charge on any atom is 0.0897 e. The van der Waals surface area contributed by atoms with Crippen LogP contribution < -0.4 is 5.32 Å². The lowest BCUT2D eigenvalue weighted by atomic mass is 9.64. The van der Waals surface area contributed by atoms with Crippen molar-refractivity contribution in [3.05, 3.63) is 16.1 Å². The van der Waals surface area contributed by atoms with E-state index >= 15 is 0 Å². The van der Waals surface area contributed by atoms with Gasteiger partial charge < -0.3 is 10.4 Å². The molecule has 0 aromatic carbocycles. The number of nitrogens with zero attached hydrogens (tertiary/aromatic N) is 1. The summed E-state index contributed by atoms with van der Waals surface area (Å²) in [4.78, 5) is 4.43. The van der Waals surface area contributed by atoms with Crippen LogP contribution in [0.5, 0.6) is 0 Å². The van der Waals surface area contributed by atoms with Crippen molar-refractivity contribution in [2.75, 3.05) is 6.54 Å². The third-order valence-electron chi connectivity index (χ3n) is 3.65. The molecule has 16 heavy (non-hydrogen) atoms. The molecule has 4 heteroatoms. The van der Waals surface area contributed by atoms with Gasteiger partial charge in [0.05, 0.1) is 16.8 Å². The number of thiazole rings is 1. The van der Waals surface area contributed by atoms with Crippen LogP contribution in [0.3, 0.4) is 0 Å². The first-order valence-corrected chi connectivity index (χ1v) is 6.70. The van der Waals surface area contributed by atoms with Crippen LogP contribution in [0.15, 0.2) is 5.38 Å². The van der Waals surface area contributed by atoms with E-state index in [4.69, 9.17) is 0 Å². The summed E-state index contributed by atoms with van der Waals surface area (Å²) in [6.07, 6.45) is 1.71. The molecule has 2 unspecified atom stereocenters. The highest BCUT2D eigenvalue weighted by Gasteiger charge is 2.46. The van der Waals surface area contributed by atoms with Crippen LogP contribution in [-0.4, -0.2) is 28.8 Å². The molecule has 2 atom stereocenters. The summed E-state index contributed by atoms with van der Waals surface area (Å²) in [7, 11) is 0. The summed E-state index contributed by atoms with van der Waals surface area (Å²) in [6, 6.07) is 0.447. The number of aromatic nitrogens is 1. The molecule has 1 saturated carbocycles. The molecule has 0 radical (unpaired) electrons. The fraction of sp³-hybridized carbons (Fsp3) is 0.750. The summed E-state index contributed by atoms with van der Waals surface area (Å²) < 4.78 is 0. The second-order valence-corrected chi connectivity index (χ2v) is 6.25. The lowest BCUT2D eigenvalue weighted by Gasteiger charge is -2.49. The van der Waals surface area contributed by atoms with Crippen LogP contribution in [0.4, 0.5) is 0 Å². The number of nitrogens with one attached hydrogen (secondary N) is 1. The van der Waals surface area contributed by atoms with Crippen LogP contribution in [0, 0.1) is 12.3 Å². The molecular formula is C12H20N2OS. The van der Waals surface area contributed by atoms with Crippen LogP contribution >= 0.6 is 11.3 Å². The molecule has 3 nitrogen and oxygen atoms in total. The van der Waals surface area contributed by atoms with Gasteiger partial charge in [-0.2, -0.15) is 0 Å². The molecule has 1 aliphatic carbocycles. The molecule has 0 saturated heterocycles. The summed E-state index contributed by atoms with van der Waals surface area (Å²) >= 11 is 1.70. The van der Waals surface area contributed by atoms with Crippen LogP contribution in [0.2, 0.25) is 0 Å². The van der Waals surface area contributed by atoms with Gasteiger partial charge >= 0.3 is 0 Å². The number of aliphatic hydroxyl groups is 1. The fourth-order valence-electron chi connectivity index (χ4n) is 2.15. The minimum Gasteiger partial charge on any atom is -0.392 e. The predicted octanol–water partition coefficient (Wildman–Crippen LogP) is 1.74. The fourth-order valence-corrected chi connectivity index (χ4v) is 2.79. The molecule has 0 amide bonds. The van der Waals surface area contributed by atoms with Crippen molar-refractivity contribution >= 4 is 11.3 Å². The summed E-state index contributed by atoms with van der Waals surface area (Å²) in [5.74, 6) is 0. The monoisotopic (exact) mass is 240 g/mol. The number of hydrogen-bond donors (Lipinski definition) is 2. The van der Waals surface area contributed by atoms with Crippen molar-refractivity contribution in [3.63, 3.8) is 0 Å². The molecule has 2 N–H and O–H groups in total. The normalized spacial score (nSPS) is 27.8. The SMILES string of the molecule is Cc1nc(CCNC2CC(O)C2(C)C)cs1. The molecule has 0 spiro atoms. The number of aliphatic hydroxyl groups excluding tert-OH is 1. The lowest BCUT2D eigenvalue weighted by Crippen LogP contribution is -2.60. The molecule has 1 aromatic rings. The van der Waals surface area contributed by atoms with Crippen LogP contribution in [-0.2, 0) is 6.42 Å². The van der Waals surface area contributed by atoms with E-state index in [1.165, 1.54) is 5.69 Å². The molecule has 0 aliphatic heterocycles. The molecule has 90 valence electrons. The van der Waals surface area contributed by atoms with Gasteiger partial charge in [-0.25, -0.2) is 4.98 Å². The van der Waals surface area contributed by atoms with Gasteiger partial charge in [-0.15, -0.1) is 11.3 Å². The highest BCUT2D eigenvalue weighted by molar-refractivity contribution is 7.09. The van der Waals surface area contributed by atoms with Crippen LogP contribution in [0.1, 0.15) is 31.0 Å². The zero-order valence-electron chi connectivity index (χ0n) is 10.2. The van der Waals surface area contributed by atoms with Gasteiger partial charge in [0.1, 0.15) is 0 Å². The molecule has 2 rings (SSSR count). The van der Waals surface area contributed by atoms with E-state index < -0.39 is 0 Å². The Morgan fingerprint density at radius 3 is 2.88 bits per heavy atom. The Bertz CT molecular complexity index is 362. The lowest BCUT2D eigenvalue weighted by molar-refractivity contribution is -0.0720. The standard InChI is InChI=1S/C12H20N2OS/c1-8-14-9(7-16-8)4-5-13-10-6-11(15)12(10,2)3/h7,10-11,13,15H,4-6H2,1-3H3. The van der Waals surface area contributed by atoms with Gasteiger partial charge in [0.25, 0.3) is 0 Å². The Morgan fingerprint density at radius 1 is 1.62 bits per heavy atom. The van der Waals surface area contributed by atoms with Crippen molar-refractivity contribution in [2.24, 2.45) is 5.41 Å². The molecule has 1 fully saturated rings. The molecule has 1 aliphatic rings. The molecule has 1 aromatic heterocycles. The van der Waals surface area contributed by atoms with Gasteiger partial charge in [-0.3, -0.25) is 0 Å². The van der Waals surface area contributed by atoms with E-state index in [9.17, 15) is 5.11 Å². The topological polar surface area (TPSA) is 45.2 Å². The predicted molar refractivity (Wildman–Crippen MR) is 66.8 cm³/mol. The van der Waals surface area contributed by atoms with E-state index in [-0.39, 0.29) is 11.5 Å². The Hall–Kier alpha value is -0.450. The van der Waals surface area contributed by atoms with Crippen molar-refractivity contribution < 1.29 is 5.11 Å². The van der Waals surface area contributed by atoms with Crippen molar-refractivity contribution in [1.82, 2.24) is 10.3 Å². The van der Waals surface area contributed by atoms with Crippen molar-refractivity contribution in [1.29, 1.82) is 0 Å². The Morgan fingerprint density at radius 2 is 2.38 bits per heavy atom. The Labute approximate surface area is 101 Å². The summed E-state index contributed by atoms with van der Waals surface area (Å²) in [5, 5.41) is 16.4. The van der Waals surface area contributed by atoms with Gasteiger partial charge in [-0.1, -0.05) is 13.8 Å². The number of aryl methyl sites for hydroxylation is 1. The maximum atomic E-state index is 9.62. The average molecular weight is 240 g/mol. The zero-order valence-corrected chi connectivity index (χ0v) is 11.0. The van der Waals surface area contributed by atoms with E-state index in [0.29, 0.717) is 6.04 Å². The summed E-state index contributed by atoms with van der Waals surface area (Å²) in [6.45, 7) is 7.22. The van der Waals surface area contributed by atoms with Crippen LogP contribution in [0.25, 0.3) is 0 Å². The zero-order chi connectivity index (χ0) is 11.8. The van der Waals surface area contributed by atoms with E-state index in [2.05, 4.69) is 29.5 Å². The Kier molecular flexibility index (Phi) is 3.33. The van der Waals surface area contributed by atoms with Crippen molar-refractivity contribution in [3.8, 4) is 0 Å². The van der Waals surface area contributed by atoms with Gasteiger partial charge in [0.2, 0.25) is 0 Å². The highest BCUT2D eigenvalue weighted by atomic mass is 32.1. The third-order valence-corrected chi connectivity index (χ3v) is 4.48. The van der Waals surface area contributed by atoms with Gasteiger partial charge in [0.15, 0.2) is 0 Å². The van der Waals surface area contributed by atoms with Crippen molar-refractivity contribution in [2.45, 2.75) is 45.8 Å². The largest absolute Gasteiger partial charge is 0.392 e. The first-order chi connectivity index (χ1) is 7.50. The average Bonchev–Trinajstić information content (AvgIpc) is 2.63. The first kappa shape index (κ1) is 12.0. The number of hydrogen-bond acceptors (Lipinski definition) is 4. The number of rotatable bonds is 4. The third kappa shape index (κ3) is 2.29. The minimum atomic E-state index is -0.147. The van der Waals surface area contributed by atoms with E-state index in [1.807, 2.05) is 6.92 Å². The molecular weight excluding hydrogens is 220 g/mol. The second-order valence-electron chi connectivity index (χ2n) is 5.19. The van der Waals surface area contributed by atoms with E-state index in [1.54, 1.807) is 11.3 Å². The second kappa shape index (κ2) is 4.43. The maximum absolute atomic E-state index is 9.62. The quantitative estimate of drug-likeness (QED) is 0.842. The van der Waals surface area contributed by atoms with E-state index in [0.717, 1.165) is 24.4 Å². The van der Waals surface area contributed by atoms with Gasteiger partial charge in [-0.05, 0) is 13.3 Å². The first-order valence-electron chi connectivity index (χ1n) is 5.82. The molecule has 0 bridgehead atoms.